The van der Waals surface area contributed by atoms with E-state index in [0.29, 0.717) is 5.02 Å². The zero-order valence-electron chi connectivity index (χ0n) is 10.7. The maximum Gasteiger partial charge on any atom is 0.0637 e. The standard InChI is InChI=1S/C15H16Cl2N2/c1-2-19-15(12-7-8-18-10-14(12)17)9-11-5-3-4-6-13(11)16/h3-8,10,15,19H,2,9H2,1H3. The van der Waals surface area contributed by atoms with E-state index >= 15 is 0 Å². The molecule has 0 fully saturated rings. The molecule has 2 nitrogen and oxygen atoms in total. The van der Waals surface area contributed by atoms with Crippen LogP contribution in [0.5, 0.6) is 0 Å². The lowest BCUT2D eigenvalue weighted by Crippen LogP contribution is -2.23. The number of benzene rings is 1. The van der Waals surface area contributed by atoms with Crippen LogP contribution < -0.4 is 5.32 Å². The Morgan fingerprint density at radius 2 is 1.95 bits per heavy atom. The number of nitrogens with zero attached hydrogens (tertiary/aromatic N) is 1. The first-order valence-corrected chi connectivity index (χ1v) is 7.04. The van der Waals surface area contributed by atoms with E-state index in [9.17, 15) is 0 Å². The summed E-state index contributed by atoms with van der Waals surface area (Å²) in [6.45, 7) is 2.95. The molecule has 1 unspecified atom stereocenters. The Morgan fingerprint density at radius 3 is 2.63 bits per heavy atom. The third-order valence-electron chi connectivity index (χ3n) is 3.01. The summed E-state index contributed by atoms with van der Waals surface area (Å²) in [5.41, 5.74) is 2.17. The molecule has 1 aromatic heterocycles. The van der Waals surface area contributed by atoms with Gasteiger partial charge in [-0.2, -0.15) is 0 Å². The Hall–Kier alpha value is -1.09. The summed E-state index contributed by atoms with van der Waals surface area (Å²) < 4.78 is 0. The van der Waals surface area contributed by atoms with Gasteiger partial charge in [0.2, 0.25) is 0 Å². The van der Waals surface area contributed by atoms with E-state index in [0.717, 1.165) is 29.1 Å². The van der Waals surface area contributed by atoms with Gasteiger partial charge in [-0.3, -0.25) is 4.98 Å². The van der Waals surface area contributed by atoms with E-state index in [2.05, 4.69) is 17.2 Å². The predicted octanol–water partition coefficient (Wildman–Crippen LogP) is 4.28. The van der Waals surface area contributed by atoms with E-state index in [1.54, 1.807) is 12.4 Å². The van der Waals surface area contributed by atoms with Crippen LogP contribution in [0.3, 0.4) is 0 Å². The first-order chi connectivity index (χ1) is 9.22. The minimum atomic E-state index is 0.139. The molecule has 0 aliphatic heterocycles. The van der Waals surface area contributed by atoms with E-state index in [-0.39, 0.29) is 6.04 Å². The number of halogens is 2. The molecule has 0 aliphatic carbocycles. The lowest BCUT2D eigenvalue weighted by atomic mass is 9.99. The highest BCUT2D eigenvalue weighted by Gasteiger charge is 2.15. The number of nitrogens with one attached hydrogen (secondary N) is 1. The van der Waals surface area contributed by atoms with Crippen molar-refractivity contribution in [2.45, 2.75) is 19.4 Å². The predicted molar refractivity (Wildman–Crippen MR) is 80.8 cm³/mol. The fourth-order valence-corrected chi connectivity index (χ4v) is 2.55. The molecule has 1 aromatic carbocycles. The van der Waals surface area contributed by atoms with Crippen molar-refractivity contribution in [3.63, 3.8) is 0 Å². The maximum atomic E-state index is 6.23. The van der Waals surface area contributed by atoms with Crippen molar-refractivity contribution in [1.29, 1.82) is 0 Å². The molecule has 19 heavy (non-hydrogen) atoms. The average Bonchev–Trinajstić information content (AvgIpc) is 2.41. The molecule has 1 atom stereocenters. The number of pyridine rings is 1. The van der Waals surface area contributed by atoms with Crippen molar-refractivity contribution in [3.05, 3.63) is 63.9 Å². The van der Waals surface area contributed by atoms with Crippen molar-refractivity contribution >= 4 is 23.2 Å². The second-order valence-corrected chi connectivity index (χ2v) is 5.12. The first kappa shape index (κ1) is 14.3. The van der Waals surface area contributed by atoms with Crippen LogP contribution in [0.2, 0.25) is 10.0 Å². The van der Waals surface area contributed by atoms with Gasteiger partial charge < -0.3 is 5.32 Å². The Morgan fingerprint density at radius 1 is 1.16 bits per heavy atom. The summed E-state index contributed by atoms with van der Waals surface area (Å²) >= 11 is 12.4. The van der Waals surface area contributed by atoms with Crippen LogP contribution in [0, 0.1) is 0 Å². The maximum absolute atomic E-state index is 6.23. The minimum absolute atomic E-state index is 0.139. The van der Waals surface area contributed by atoms with Gasteiger partial charge in [0.15, 0.2) is 0 Å². The molecule has 0 spiro atoms. The second-order valence-electron chi connectivity index (χ2n) is 4.30. The largest absolute Gasteiger partial charge is 0.310 e. The topological polar surface area (TPSA) is 24.9 Å². The van der Waals surface area contributed by atoms with Gasteiger partial charge in [-0.05, 0) is 36.2 Å². The quantitative estimate of drug-likeness (QED) is 0.890. The van der Waals surface area contributed by atoms with Crippen LogP contribution in [0.1, 0.15) is 24.1 Å². The van der Waals surface area contributed by atoms with Crippen molar-refractivity contribution < 1.29 is 0 Å². The van der Waals surface area contributed by atoms with Crippen molar-refractivity contribution in [3.8, 4) is 0 Å². The van der Waals surface area contributed by atoms with E-state index < -0.39 is 0 Å². The Balaban J connectivity index is 2.27. The van der Waals surface area contributed by atoms with Crippen LogP contribution in [0.4, 0.5) is 0 Å². The molecule has 0 radical (unpaired) electrons. The van der Waals surface area contributed by atoms with Crippen molar-refractivity contribution in [1.82, 2.24) is 10.3 Å². The molecular weight excluding hydrogens is 279 g/mol. The Labute approximate surface area is 123 Å². The Bertz CT molecular complexity index is 543. The van der Waals surface area contributed by atoms with Gasteiger partial charge in [0.25, 0.3) is 0 Å². The molecule has 0 aliphatic rings. The zero-order chi connectivity index (χ0) is 13.7. The smallest absolute Gasteiger partial charge is 0.0637 e. The van der Waals surface area contributed by atoms with Gasteiger partial charge in [0, 0.05) is 23.5 Å². The zero-order valence-corrected chi connectivity index (χ0v) is 12.2. The summed E-state index contributed by atoms with van der Waals surface area (Å²) in [5, 5.41) is 4.91. The molecular formula is C15H16Cl2N2. The average molecular weight is 295 g/mol. The Kier molecular flexibility index (Phi) is 5.20. The van der Waals surface area contributed by atoms with E-state index in [1.165, 1.54) is 0 Å². The minimum Gasteiger partial charge on any atom is -0.310 e. The summed E-state index contributed by atoms with van der Waals surface area (Å²) in [4.78, 5) is 4.03. The molecule has 0 bridgehead atoms. The monoisotopic (exact) mass is 294 g/mol. The third-order valence-corrected chi connectivity index (χ3v) is 3.70. The summed E-state index contributed by atoms with van der Waals surface area (Å²) in [6, 6.07) is 9.98. The van der Waals surface area contributed by atoms with Gasteiger partial charge in [0.1, 0.15) is 0 Å². The van der Waals surface area contributed by atoms with Crippen molar-refractivity contribution in [2.24, 2.45) is 0 Å². The number of aromatic nitrogens is 1. The van der Waals surface area contributed by atoms with Gasteiger partial charge in [-0.15, -0.1) is 0 Å². The fraction of sp³-hybridized carbons (Fsp3) is 0.267. The molecule has 100 valence electrons. The van der Waals surface area contributed by atoms with Crippen LogP contribution in [0.25, 0.3) is 0 Å². The van der Waals surface area contributed by atoms with E-state index in [1.807, 2.05) is 30.3 Å². The van der Waals surface area contributed by atoms with Crippen LogP contribution in [0.15, 0.2) is 42.7 Å². The normalized spacial score (nSPS) is 12.4. The van der Waals surface area contributed by atoms with Gasteiger partial charge in [0.05, 0.1) is 5.02 Å². The number of hydrogen-bond donors (Lipinski definition) is 1. The molecule has 2 rings (SSSR count). The van der Waals surface area contributed by atoms with Gasteiger partial charge >= 0.3 is 0 Å². The van der Waals surface area contributed by atoms with Crippen molar-refractivity contribution in [2.75, 3.05) is 6.54 Å². The molecule has 4 heteroatoms. The lowest BCUT2D eigenvalue weighted by Gasteiger charge is -2.20. The lowest BCUT2D eigenvalue weighted by molar-refractivity contribution is 0.549. The number of hydrogen-bond acceptors (Lipinski definition) is 2. The highest BCUT2D eigenvalue weighted by molar-refractivity contribution is 6.31. The van der Waals surface area contributed by atoms with Gasteiger partial charge in [-0.1, -0.05) is 48.3 Å². The molecule has 2 aromatic rings. The first-order valence-electron chi connectivity index (χ1n) is 6.28. The molecule has 1 heterocycles. The summed E-state index contributed by atoms with van der Waals surface area (Å²) in [7, 11) is 0. The number of likely N-dealkylation sites (N-methyl/N-ethyl adjacent to an activating group) is 1. The highest BCUT2D eigenvalue weighted by Crippen LogP contribution is 2.27. The third kappa shape index (κ3) is 3.69. The van der Waals surface area contributed by atoms with E-state index in [4.69, 9.17) is 23.2 Å². The molecule has 1 N–H and O–H groups in total. The molecule has 0 saturated carbocycles. The highest BCUT2D eigenvalue weighted by atomic mass is 35.5. The summed E-state index contributed by atoms with van der Waals surface area (Å²) in [6.07, 6.45) is 4.24. The molecule has 0 saturated heterocycles. The number of rotatable bonds is 5. The fourth-order valence-electron chi connectivity index (χ4n) is 2.09. The summed E-state index contributed by atoms with van der Waals surface area (Å²) in [5.74, 6) is 0. The van der Waals surface area contributed by atoms with Crippen LogP contribution in [-0.2, 0) is 6.42 Å². The van der Waals surface area contributed by atoms with Crippen LogP contribution >= 0.6 is 23.2 Å². The van der Waals surface area contributed by atoms with Gasteiger partial charge in [-0.25, -0.2) is 0 Å². The van der Waals surface area contributed by atoms with Crippen LogP contribution in [-0.4, -0.2) is 11.5 Å². The second kappa shape index (κ2) is 6.90. The SMILES string of the molecule is CCNC(Cc1ccccc1Cl)c1ccncc1Cl. The molecule has 0 amide bonds.